The monoisotopic (exact) mass is 494 g/mol. The van der Waals surface area contributed by atoms with Crippen LogP contribution in [0.2, 0.25) is 0 Å². The Bertz CT molecular complexity index is 1370. The van der Waals surface area contributed by atoms with Gasteiger partial charge in [0.1, 0.15) is 30.6 Å². The van der Waals surface area contributed by atoms with Gasteiger partial charge in [-0.3, -0.25) is 24.0 Å². The van der Waals surface area contributed by atoms with Crippen molar-refractivity contribution in [1.82, 2.24) is 0 Å². The molecule has 4 N–H and O–H groups in total. The van der Waals surface area contributed by atoms with Crippen LogP contribution in [0.4, 0.5) is 0 Å². The van der Waals surface area contributed by atoms with Crippen LogP contribution in [-0.2, 0) is 30.4 Å². The van der Waals surface area contributed by atoms with Crippen molar-refractivity contribution in [3.8, 4) is 17.1 Å². The predicted molar refractivity (Wildman–Crippen MR) is 121 cm³/mol. The Morgan fingerprint density at radius 1 is 1.17 bits per heavy atom. The molecule has 0 saturated heterocycles. The van der Waals surface area contributed by atoms with E-state index in [-0.39, 0.29) is 30.6 Å². The quantitative estimate of drug-likeness (QED) is 0.310. The Hall–Kier alpha value is -4.12. The smallest absolute Gasteiger partial charge is 0.235 e. The van der Waals surface area contributed by atoms with Crippen LogP contribution < -0.4 is 5.73 Å². The first-order valence-electron chi connectivity index (χ1n) is 11.3. The van der Waals surface area contributed by atoms with Gasteiger partial charge in [0.15, 0.2) is 34.7 Å². The molecule has 0 spiro atoms. The van der Waals surface area contributed by atoms with Gasteiger partial charge in [-0.15, -0.1) is 0 Å². The lowest BCUT2D eigenvalue weighted by Crippen LogP contribution is -2.68. The maximum absolute atomic E-state index is 13.6. The number of nitrogens with zero attached hydrogens (tertiary/aromatic N) is 1. The maximum Gasteiger partial charge on any atom is 0.235 e. The SMILES string of the molecule is CO/N=C\c1ccc(-c2ccc(O)c3c2C[C@H]2C[C@H]4CC(=O)C(C(N)=O)C(=O)[C@@]4(O)C(=O)C2C3=O)o1. The Labute approximate surface area is 203 Å². The van der Waals surface area contributed by atoms with Crippen molar-refractivity contribution in [2.75, 3.05) is 7.11 Å². The van der Waals surface area contributed by atoms with E-state index in [2.05, 4.69) is 9.99 Å². The number of nitrogens with two attached hydrogens (primary N) is 1. The number of fused-ring (bicyclic) bond motifs is 3. The number of phenols is 1. The lowest BCUT2D eigenvalue weighted by Gasteiger charge is -2.48. The molecule has 1 heterocycles. The third kappa shape index (κ3) is 3.23. The van der Waals surface area contributed by atoms with Crippen LogP contribution >= 0.6 is 0 Å². The highest BCUT2D eigenvalue weighted by atomic mass is 16.6. The molecule has 5 atom stereocenters. The summed E-state index contributed by atoms with van der Waals surface area (Å²) in [5.74, 6) is -9.76. The summed E-state index contributed by atoms with van der Waals surface area (Å²) in [7, 11) is 1.38. The first kappa shape index (κ1) is 23.6. The van der Waals surface area contributed by atoms with Crippen LogP contribution in [-0.4, -0.2) is 58.2 Å². The number of aromatic hydroxyl groups is 1. The van der Waals surface area contributed by atoms with E-state index >= 15 is 0 Å². The second-order valence-corrected chi connectivity index (χ2v) is 9.34. The standard InChI is InChI=1S/C25H22N2O9/c1-35-27-9-12-2-5-17(36-12)13-3-4-15(28)19-14(13)7-10-6-11-8-16(29)20(24(26)33)23(32)25(11,34)22(31)18(10)21(19)30/h2-5,9-11,18,20,28,34H,6-8H2,1H3,(H2,26,33)/b27-9-/t10-,11+,18?,20?,25+/m1/s1. The average molecular weight is 494 g/mol. The molecule has 0 aliphatic heterocycles. The molecule has 2 unspecified atom stereocenters. The van der Waals surface area contributed by atoms with Crippen molar-refractivity contribution in [3.63, 3.8) is 0 Å². The molecule has 186 valence electrons. The zero-order valence-corrected chi connectivity index (χ0v) is 19.1. The zero-order valence-electron chi connectivity index (χ0n) is 19.1. The second-order valence-electron chi connectivity index (χ2n) is 9.34. The minimum atomic E-state index is -2.67. The minimum absolute atomic E-state index is 0.0139. The number of rotatable bonds is 4. The van der Waals surface area contributed by atoms with Crippen molar-refractivity contribution >= 4 is 35.3 Å². The molecule has 0 bridgehead atoms. The number of benzene rings is 1. The summed E-state index contributed by atoms with van der Waals surface area (Å²) in [5.41, 5.74) is 3.39. The van der Waals surface area contributed by atoms with E-state index in [0.29, 0.717) is 22.6 Å². The highest BCUT2D eigenvalue weighted by molar-refractivity contribution is 6.31. The molecule has 11 nitrogen and oxygen atoms in total. The zero-order chi connectivity index (χ0) is 25.9. The largest absolute Gasteiger partial charge is 0.507 e. The molecule has 0 radical (unpaired) electrons. The van der Waals surface area contributed by atoms with Crippen molar-refractivity contribution in [3.05, 3.63) is 41.2 Å². The van der Waals surface area contributed by atoms with Gasteiger partial charge in [-0.05, 0) is 48.6 Å². The summed E-state index contributed by atoms with van der Waals surface area (Å²) in [4.78, 5) is 68.9. The minimum Gasteiger partial charge on any atom is -0.507 e. The van der Waals surface area contributed by atoms with Gasteiger partial charge >= 0.3 is 0 Å². The highest BCUT2D eigenvalue weighted by Crippen LogP contribution is 2.51. The van der Waals surface area contributed by atoms with Gasteiger partial charge in [0.2, 0.25) is 5.91 Å². The lowest BCUT2D eigenvalue weighted by atomic mass is 9.53. The van der Waals surface area contributed by atoms with E-state index < -0.39 is 58.3 Å². The number of carbonyl (C=O) groups excluding carboxylic acids is 5. The van der Waals surface area contributed by atoms with E-state index in [0.717, 1.165) is 0 Å². The third-order valence-corrected chi connectivity index (χ3v) is 7.46. The average Bonchev–Trinajstić information content (AvgIpc) is 3.28. The number of aliphatic hydroxyl groups is 1. The summed E-state index contributed by atoms with van der Waals surface area (Å²) in [6, 6.07) is 6.19. The Morgan fingerprint density at radius 3 is 2.61 bits per heavy atom. The number of primary amides is 1. The second kappa shape index (κ2) is 8.23. The molecule has 1 amide bonds. The number of oxime groups is 1. The van der Waals surface area contributed by atoms with Gasteiger partial charge in [0.05, 0.1) is 11.5 Å². The van der Waals surface area contributed by atoms with Crippen molar-refractivity contribution in [2.45, 2.75) is 24.9 Å². The van der Waals surface area contributed by atoms with E-state index in [1.807, 2.05) is 0 Å². The van der Waals surface area contributed by atoms with Crippen LogP contribution in [0.3, 0.4) is 0 Å². The van der Waals surface area contributed by atoms with Crippen LogP contribution in [0, 0.1) is 23.7 Å². The molecule has 1 aromatic heterocycles. The third-order valence-electron chi connectivity index (χ3n) is 7.46. The molecule has 3 aliphatic carbocycles. The molecule has 2 saturated carbocycles. The number of phenolic OH excluding ortho intramolecular Hbond substituents is 1. The van der Waals surface area contributed by atoms with Gasteiger partial charge in [0.25, 0.3) is 0 Å². The lowest BCUT2D eigenvalue weighted by molar-refractivity contribution is -0.175. The number of hydrogen-bond acceptors (Lipinski definition) is 10. The van der Waals surface area contributed by atoms with Crippen molar-refractivity contribution < 1.29 is 43.4 Å². The Balaban J connectivity index is 1.58. The van der Waals surface area contributed by atoms with Gasteiger partial charge in [-0.1, -0.05) is 5.16 Å². The van der Waals surface area contributed by atoms with Crippen LogP contribution in [0.15, 0.2) is 33.8 Å². The summed E-state index contributed by atoms with van der Waals surface area (Å²) in [6.45, 7) is 0. The first-order valence-corrected chi connectivity index (χ1v) is 11.3. The van der Waals surface area contributed by atoms with E-state index in [9.17, 15) is 34.2 Å². The van der Waals surface area contributed by atoms with Crippen molar-refractivity contribution in [2.24, 2.45) is 34.6 Å². The molecular weight excluding hydrogens is 472 g/mol. The van der Waals surface area contributed by atoms with E-state index in [4.69, 9.17) is 10.2 Å². The first-order chi connectivity index (χ1) is 17.1. The summed E-state index contributed by atoms with van der Waals surface area (Å²) in [5, 5.41) is 25.4. The number of carbonyl (C=O) groups is 5. The molecule has 2 fully saturated rings. The van der Waals surface area contributed by atoms with Crippen LogP contribution in [0.25, 0.3) is 11.3 Å². The Kier molecular flexibility index (Phi) is 5.40. The van der Waals surface area contributed by atoms with Crippen molar-refractivity contribution in [1.29, 1.82) is 0 Å². The number of hydrogen-bond donors (Lipinski definition) is 3. The summed E-state index contributed by atoms with van der Waals surface area (Å²) >= 11 is 0. The molecule has 5 rings (SSSR count). The number of furan rings is 1. The fourth-order valence-electron chi connectivity index (χ4n) is 5.87. The topological polar surface area (TPSA) is 187 Å². The molecular formula is C25H22N2O9. The Morgan fingerprint density at radius 2 is 1.92 bits per heavy atom. The molecule has 11 heteroatoms. The van der Waals surface area contributed by atoms with Gasteiger partial charge in [0, 0.05) is 17.9 Å². The van der Waals surface area contributed by atoms with Gasteiger partial charge < -0.3 is 25.2 Å². The number of ketones is 4. The number of amides is 1. The highest BCUT2D eigenvalue weighted by Gasteiger charge is 2.66. The van der Waals surface area contributed by atoms with Crippen LogP contribution in [0.1, 0.15) is 34.5 Å². The van der Waals surface area contributed by atoms with Gasteiger partial charge in [-0.25, -0.2) is 0 Å². The van der Waals surface area contributed by atoms with Gasteiger partial charge in [-0.2, -0.15) is 0 Å². The van der Waals surface area contributed by atoms with Crippen LogP contribution in [0.5, 0.6) is 5.75 Å². The van der Waals surface area contributed by atoms with E-state index in [1.54, 1.807) is 18.2 Å². The maximum atomic E-state index is 13.6. The summed E-state index contributed by atoms with van der Waals surface area (Å²) in [6.07, 6.45) is 1.13. The molecule has 36 heavy (non-hydrogen) atoms. The molecule has 1 aromatic carbocycles. The normalized spacial score (nSPS) is 29.6. The van der Waals surface area contributed by atoms with E-state index in [1.165, 1.54) is 19.4 Å². The summed E-state index contributed by atoms with van der Waals surface area (Å²) < 4.78 is 5.77. The fourth-order valence-corrected chi connectivity index (χ4v) is 5.87. The molecule has 3 aliphatic rings. The fraction of sp³-hybridized carbons (Fsp3) is 0.360. The number of Topliss-reactive ketones (excluding diaryl/α,β-unsaturated/α-hetero) is 4. The molecule has 2 aromatic rings. The predicted octanol–water partition coefficient (Wildman–Crippen LogP) is 0.567.